The summed E-state index contributed by atoms with van der Waals surface area (Å²) in [6.07, 6.45) is 9.31. The van der Waals surface area contributed by atoms with Gasteiger partial charge < -0.3 is 0 Å². The minimum atomic E-state index is 0.709. The Kier molecular flexibility index (Phi) is 2.63. The van der Waals surface area contributed by atoms with E-state index < -0.39 is 0 Å². The molecular formula is C8H7BrO. The van der Waals surface area contributed by atoms with Gasteiger partial charge >= 0.3 is 0 Å². The largest absolute Gasteiger partial charge is 0.298 e. The Morgan fingerprint density at radius 2 is 2.40 bits per heavy atom. The number of allylic oxidation sites excluding steroid dienone is 6. The van der Waals surface area contributed by atoms with Crippen molar-refractivity contribution in [3.8, 4) is 0 Å². The molecule has 0 aromatic heterocycles. The maximum absolute atomic E-state index is 10.3. The molecule has 1 aliphatic carbocycles. The number of rotatable bonds is 1. The lowest BCUT2D eigenvalue weighted by molar-refractivity contribution is -0.104. The molecule has 52 valence electrons. The third kappa shape index (κ3) is 1.95. The average molecular weight is 199 g/mol. The number of halogens is 1. The molecule has 0 fully saturated rings. The van der Waals surface area contributed by atoms with Crippen LogP contribution in [-0.4, -0.2) is 6.29 Å². The predicted octanol–water partition coefficient (Wildman–Crippen LogP) is 2.35. The molecule has 0 spiro atoms. The van der Waals surface area contributed by atoms with Crippen molar-refractivity contribution in [2.45, 2.75) is 6.42 Å². The summed E-state index contributed by atoms with van der Waals surface area (Å²) in [4.78, 5) is 10.3. The minimum Gasteiger partial charge on any atom is -0.298 e. The summed E-state index contributed by atoms with van der Waals surface area (Å²) in [5, 5.41) is 0. The molecular weight excluding hydrogens is 192 g/mol. The van der Waals surface area contributed by atoms with Crippen LogP contribution in [0.2, 0.25) is 0 Å². The third-order valence-electron chi connectivity index (χ3n) is 1.20. The number of carbonyl (C=O) groups excluding carboxylic acids is 1. The fraction of sp³-hybridized carbons (Fsp3) is 0.125. The number of hydrogen-bond donors (Lipinski definition) is 0. The zero-order valence-electron chi connectivity index (χ0n) is 5.38. The topological polar surface area (TPSA) is 17.1 Å². The maximum atomic E-state index is 10.3. The highest BCUT2D eigenvalue weighted by Gasteiger charge is 1.93. The van der Waals surface area contributed by atoms with Crippen molar-refractivity contribution in [1.82, 2.24) is 0 Å². The van der Waals surface area contributed by atoms with E-state index in [4.69, 9.17) is 0 Å². The Morgan fingerprint density at radius 3 is 3.10 bits per heavy atom. The van der Waals surface area contributed by atoms with Crippen LogP contribution in [0.3, 0.4) is 0 Å². The lowest BCUT2D eigenvalue weighted by Gasteiger charge is -1.85. The summed E-state index contributed by atoms with van der Waals surface area (Å²) >= 11 is 3.31. The summed E-state index contributed by atoms with van der Waals surface area (Å²) in [5.41, 5.74) is 0.709. The molecule has 0 saturated heterocycles. The van der Waals surface area contributed by atoms with Crippen LogP contribution in [0.1, 0.15) is 6.42 Å². The van der Waals surface area contributed by atoms with Crippen molar-refractivity contribution in [1.29, 1.82) is 0 Å². The van der Waals surface area contributed by atoms with Crippen molar-refractivity contribution >= 4 is 22.2 Å². The van der Waals surface area contributed by atoms with Crippen molar-refractivity contribution in [2.24, 2.45) is 0 Å². The van der Waals surface area contributed by atoms with E-state index >= 15 is 0 Å². The number of carbonyl (C=O) groups is 1. The van der Waals surface area contributed by atoms with Crippen molar-refractivity contribution < 1.29 is 4.79 Å². The summed E-state index contributed by atoms with van der Waals surface area (Å²) in [6.45, 7) is 0. The molecule has 0 aromatic carbocycles. The first-order valence-corrected chi connectivity index (χ1v) is 3.81. The predicted molar refractivity (Wildman–Crippen MR) is 44.9 cm³/mol. The van der Waals surface area contributed by atoms with Crippen LogP contribution in [0, 0.1) is 0 Å². The third-order valence-corrected chi connectivity index (χ3v) is 1.75. The highest BCUT2D eigenvalue weighted by atomic mass is 79.9. The SMILES string of the molecule is O=CC1=CC(Br)=CCC=C1. The van der Waals surface area contributed by atoms with Crippen LogP contribution in [0.5, 0.6) is 0 Å². The van der Waals surface area contributed by atoms with Crippen LogP contribution in [0.4, 0.5) is 0 Å². The molecule has 2 heteroatoms. The van der Waals surface area contributed by atoms with Crippen molar-refractivity contribution in [3.63, 3.8) is 0 Å². The second-order valence-electron chi connectivity index (χ2n) is 1.99. The number of aldehydes is 1. The fourth-order valence-corrected chi connectivity index (χ4v) is 1.18. The fourth-order valence-electron chi connectivity index (χ4n) is 0.724. The zero-order valence-corrected chi connectivity index (χ0v) is 6.97. The summed E-state index contributed by atoms with van der Waals surface area (Å²) in [5.74, 6) is 0. The molecule has 0 heterocycles. The Hall–Kier alpha value is -0.630. The summed E-state index contributed by atoms with van der Waals surface area (Å²) in [7, 11) is 0. The van der Waals surface area contributed by atoms with Crippen LogP contribution in [-0.2, 0) is 4.79 Å². The standard InChI is InChI=1S/C8H7BrO/c9-8-4-2-1-3-7(5-8)6-10/h1,3-6H,2H2. The van der Waals surface area contributed by atoms with E-state index in [9.17, 15) is 4.79 Å². The van der Waals surface area contributed by atoms with Gasteiger partial charge in [0.25, 0.3) is 0 Å². The Balaban J connectivity index is 2.88. The lowest BCUT2D eigenvalue weighted by atomic mass is 10.3. The summed E-state index contributed by atoms with van der Waals surface area (Å²) < 4.78 is 0.972. The second kappa shape index (κ2) is 3.52. The van der Waals surface area contributed by atoms with E-state index in [2.05, 4.69) is 15.9 Å². The van der Waals surface area contributed by atoms with Crippen molar-refractivity contribution in [2.75, 3.05) is 0 Å². The van der Waals surface area contributed by atoms with Gasteiger partial charge in [-0.1, -0.05) is 34.2 Å². The highest BCUT2D eigenvalue weighted by Crippen LogP contribution is 2.14. The van der Waals surface area contributed by atoms with Crippen LogP contribution in [0.15, 0.2) is 34.4 Å². The van der Waals surface area contributed by atoms with Gasteiger partial charge in [-0.15, -0.1) is 0 Å². The van der Waals surface area contributed by atoms with Crippen molar-refractivity contribution in [3.05, 3.63) is 34.4 Å². The van der Waals surface area contributed by atoms with Gasteiger partial charge in [-0.25, -0.2) is 0 Å². The van der Waals surface area contributed by atoms with Gasteiger partial charge in [0.05, 0.1) is 0 Å². The highest BCUT2D eigenvalue weighted by molar-refractivity contribution is 9.11. The Labute approximate surface area is 68.2 Å². The first-order chi connectivity index (χ1) is 4.83. The summed E-state index contributed by atoms with van der Waals surface area (Å²) in [6, 6.07) is 0. The molecule has 10 heavy (non-hydrogen) atoms. The molecule has 0 amide bonds. The van der Waals surface area contributed by atoms with Crippen LogP contribution >= 0.6 is 15.9 Å². The first kappa shape index (κ1) is 7.48. The maximum Gasteiger partial charge on any atom is 0.150 e. The quantitative estimate of drug-likeness (QED) is 0.592. The van der Waals surface area contributed by atoms with Gasteiger partial charge in [0.15, 0.2) is 0 Å². The minimum absolute atomic E-state index is 0.709. The molecule has 1 aliphatic rings. The molecule has 1 nitrogen and oxygen atoms in total. The van der Waals surface area contributed by atoms with Gasteiger partial charge in [0.1, 0.15) is 6.29 Å². The average Bonchev–Trinajstić information content (AvgIpc) is 2.13. The van der Waals surface area contributed by atoms with Gasteiger partial charge in [0.2, 0.25) is 0 Å². The smallest absolute Gasteiger partial charge is 0.150 e. The normalized spacial score (nSPS) is 17.3. The number of hydrogen-bond acceptors (Lipinski definition) is 1. The molecule has 0 aromatic rings. The van der Waals surface area contributed by atoms with Gasteiger partial charge in [-0.3, -0.25) is 4.79 Å². The molecule has 0 radical (unpaired) electrons. The molecule has 0 atom stereocenters. The molecule has 0 aliphatic heterocycles. The lowest BCUT2D eigenvalue weighted by Crippen LogP contribution is -1.76. The van der Waals surface area contributed by atoms with Gasteiger partial charge in [0, 0.05) is 10.1 Å². The Morgan fingerprint density at radius 1 is 1.60 bits per heavy atom. The second-order valence-corrected chi connectivity index (χ2v) is 2.90. The van der Waals surface area contributed by atoms with E-state index in [0.717, 1.165) is 17.2 Å². The molecule has 0 unspecified atom stereocenters. The van der Waals surface area contributed by atoms with Gasteiger partial charge in [-0.05, 0) is 12.5 Å². The van der Waals surface area contributed by atoms with Crippen LogP contribution < -0.4 is 0 Å². The van der Waals surface area contributed by atoms with E-state index in [-0.39, 0.29) is 0 Å². The molecule has 0 bridgehead atoms. The monoisotopic (exact) mass is 198 g/mol. The molecule has 0 saturated carbocycles. The van der Waals surface area contributed by atoms with E-state index in [1.807, 2.05) is 18.2 Å². The Bertz CT molecular complexity index is 223. The molecule has 1 rings (SSSR count). The van der Waals surface area contributed by atoms with Crippen LogP contribution in [0.25, 0.3) is 0 Å². The zero-order chi connectivity index (χ0) is 7.40. The van der Waals surface area contributed by atoms with E-state index in [1.54, 1.807) is 6.08 Å². The van der Waals surface area contributed by atoms with Gasteiger partial charge in [-0.2, -0.15) is 0 Å². The first-order valence-electron chi connectivity index (χ1n) is 3.02. The van der Waals surface area contributed by atoms with E-state index in [1.165, 1.54) is 0 Å². The molecule has 0 N–H and O–H groups in total. The van der Waals surface area contributed by atoms with E-state index in [0.29, 0.717) is 5.57 Å².